The summed E-state index contributed by atoms with van der Waals surface area (Å²) in [7, 11) is 0. The molecule has 0 spiro atoms. The molecule has 0 unspecified atom stereocenters. The summed E-state index contributed by atoms with van der Waals surface area (Å²) in [4.78, 5) is 0. The summed E-state index contributed by atoms with van der Waals surface area (Å²) < 4.78 is 1.08. The van der Waals surface area contributed by atoms with Crippen molar-refractivity contribution in [3.8, 4) is 0 Å². The average Bonchev–Trinajstić information content (AvgIpc) is 2.07. The Labute approximate surface area is 94.3 Å². The number of aliphatic hydroxyl groups excluding tert-OH is 1. The molecule has 1 aromatic carbocycles. The minimum atomic E-state index is 0.172. The highest BCUT2D eigenvalue weighted by molar-refractivity contribution is 9.10. The molecule has 0 heterocycles. The number of aliphatic hydroxyl groups is 1. The molecule has 78 valence electrons. The van der Waals surface area contributed by atoms with Gasteiger partial charge in [-0.3, -0.25) is 0 Å². The minimum Gasteiger partial charge on any atom is -0.396 e. The highest BCUT2D eigenvalue weighted by Gasteiger charge is 2.14. The third-order valence-corrected chi connectivity index (χ3v) is 3.07. The van der Waals surface area contributed by atoms with Crippen molar-refractivity contribution >= 4 is 15.9 Å². The summed E-state index contributed by atoms with van der Waals surface area (Å²) in [6, 6.07) is 6.36. The summed E-state index contributed by atoms with van der Waals surface area (Å²) in [5.74, 6) is 0. The van der Waals surface area contributed by atoms with Gasteiger partial charge in [0.15, 0.2) is 0 Å². The summed E-state index contributed by atoms with van der Waals surface area (Å²) in [6.07, 6.45) is 0.713. The smallest absolute Gasteiger partial charge is 0.0471 e. The second-order valence-electron chi connectivity index (χ2n) is 4.53. The van der Waals surface area contributed by atoms with Gasteiger partial charge in [0.25, 0.3) is 0 Å². The zero-order valence-corrected chi connectivity index (χ0v) is 10.6. The first-order valence-electron chi connectivity index (χ1n) is 4.85. The van der Waals surface area contributed by atoms with E-state index in [1.807, 2.05) is 0 Å². The van der Waals surface area contributed by atoms with E-state index in [2.05, 4.69) is 54.9 Å². The molecule has 0 aliphatic carbocycles. The second-order valence-corrected chi connectivity index (χ2v) is 5.38. The van der Waals surface area contributed by atoms with Crippen molar-refractivity contribution in [3.63, 3.8) is 0 Å². The van der Waals surface area contributed by atoms with E-state index >= 15 is 0 Å². The molecule has 14 heavy (non-hydrogen) atoms. The number of rotatable bonds is 2. The fourth-order valence-electron chi connectivity index (χ4n) is 1.35. The standard InChI is InChI=1S/C12H17BrO/c1-12(2,3)10-4-5-11(13)9(8-10)6-7-14/h4-5,8,14H,6-7H2,1-3H3. The van der Waals surface area contributed by atoms with Crippen LogP contribution in [0.3, 0.4) is 0 Å². The quantitative estimate of drug-likeness (QED) is 0.862. The van der Waals surface area contributed by atoms with Crippen LogP contribution in [0.25, 0.3) is 0 Å². The molecule has 0 amide bonds. The van der Waals surface area contributed by atoms with E-state index in [4.69, 9.17) is 5.11 Å². The Morgan fingerprint density at radius 1 is 1.29 bits per heavy atom. The summed E-state index contributed by atoms with van der Waals surface area (Å²) in [5, 5.41) is 8.92. The van der Waals surface area contributed by atoms with Crippen molar-refractivity contribution in [1.29, 1.82) is 0 Å². The van der Waals surface area contributed by atoms with E-state index in [-0.39, 0.29) is 12.0 Å². The maximum absolute atomic E-state index is 8.92. The molecule has 0 aromatic heterocycles. The fraction of sp³-hybridized carbons (Fsp3) is 0.500. The predicted molar refractivity (Wildman–Crippen MR) is 63.6 cm³/mol. The van der Waals surface area contributed by atoms with Crippen LogP contribution in [0, 0.1) is 0 Å². The van der Waals surface area contributed by atoms with Crippen molar-refractivity contribution in [2.45, 2.75) is 32.6 Å². The molecule has 0 aliphatic heterocycles. The van der Waals surface area contributed by atoms with Gasteiger partial charge in [-0.15, -0.1) is 0 Å². The maximum atomic E-state index is 8.92. The highest BCUT2D eigenvalue weighted by Crippen LogP contribution is 2.27. The molecule has 0 aliphatic rings. The number of hydrogen-bond acceptors (Lipinski definition) is 1. The van der Waals surface area contributed by atoms with Gasteiger partial charge in [0.2, 0.25) is 0 Å². The fourth-order valence-corrected chi connectivity index (χ4v) is 1.80. The maximum Gasteiger partial charge on any atom is 0.0471 e. The van der Waals surface area contributed by atoms with Crippen molar-refractivity contribution in [2.24, 2.45) is 0 Å². The topological polar surface area (TPSA) is 20.2 Å². The molecule has 0 bridgehead atoms. The van der Waals surface area contributed by atoms with Crippen LogP contribution in [-0.4, -0.2) is 11.7 Å². The van der Waals surface area contributed by atoms with Crippen molar-refractivity contribution in [2.75, 3.05) is 6.61 Å². The van der Waals surface area contributed by atoms with Crippen LogP contribution < -0.4 is 0 Å². The lowest BCUT2D eigenvalue weighted by Gasteiger charge is -2.20. The lowest BCUT2D eigenvalue weighted by molar-refractivity contribution is 0.299. The number of halogens is 1. The van der Waals surface area contributed by atoms with E-state index in [0.29, 0.717) is 6.42 Å². The Morgan fingerprint density at radius 3 is 2.43 bits per heavy atom. The van der Waals surface area contributed by atoms with Gasteiger partial charge in [-0.1, -0.05) is 48.8 Å². The molecule has 1 nitrogen and oxygen atoms in total. The average molecular weight is 257 g/mol. The van der Waals surface area contributed by atoms with Gasteiger partial charge in [-0.05, 0) is 29.0 Å². The SMILES string of the molecule is CC(C)(C)c1ccc(Br)c(CCO)c1. The number of benzene rings is 1. The van der Waals surface area contributed by atoms with E-state index in [9.17, 15) is 0 Å². The van der Waals surface area contributed by atoms with Gasteiger partial charge in [0.05, 0.1) is 0 Å². The van der Waals surface area contributed by atoms with Crippen molar-refractivity contribution in [3.05, 3.63) is 33.8 Å². The molecule has 1 rings (SSSR count). The molecule has 0 saturated carbocycles. The van der Waals surface area contributed by atoms with E-state index < -0.39 is 0 Å². The Morgan fingerprint density at radius 2 is 1.93 bits per heavy atom. The van der Waals surface area contributed by atoms with Crippen LogP contribution in [0.15, 0.2) is 22.7 Å². The summed E-state index contributed by atoms with van der Waals surface area (Å²) in [5.41, 5.74) is 2.66. The first-order valence-corrected chi connectivity index (χ1v) is 5.64. The van der Waals surface area contributed by atoms with Gasteiger partial charge >= 0.3 is 0 Å². The Bertz CT molecular complexity index is 313. The zero-order chi connectivity index (χ0) is 10.8. The zero-order valence-electron chi connectivity index (χ0n) is 8.97. The lowest BCUT2D eigenvalue weighted by Crippen LogP contribution is -2.11. The van der Waals surface area contributed by atoms with E-state index in [0.717, 1.165) is 4.47 Å². The molecule has 1 N–H and O–H groups in total. The van der Waals surface area contributed by atoms with E-state index in [1.54, 1.807) is 0 Å². The first-order chi connectivity index (χ1) is 6.45. The Balaban J connectivity index is 3.06. The molecule has 2 heteroatoms. The van der Waals surface area contributed by atoms with Crippen LogP contribution in [0.2, 0.25) is 0 Å². The molecular formula is C12H17BrO. The van der Waals surface area contributed by atoms with Crippen LogP contribution in [-0.2, 0) is 11.8 Å². The molecule has 1 aromatic rings. The van der Waals surface area contributed by atoms with Gasteiger partial charge < -0.3 is 5.11 Å². The van der Waals surface area contributed by atoms with Crippen LogP contribution in [0.4, 0.5) is 0 Å². The molecule has 0 saturated heterocycles. The third kappa shape index (κ3) is 2.82. The predicted octanol–water partition coefficient (Wildman–Crippen LogP) is 3.28. The van der Waals surface area contributed by atoms with Gasteiger partial charge in [0.1, 0.15) is 0 Å². The van der Waals surface area contributed by atoms with Crippen LogP contribution in [0.5, 0.6) is 0 Å². The molecule has 0 atom stereocenters. The molecule has 0 radical (unpaired) electrons. The van der Waals surface area contributed by atoms with Crippen molar-refractivity contribution in [1.82, 2.24) is 0 Å². The number of hydrogen-bond donors (Lipinski definition) is 1. The van der Waals surface area contributed by atoms with Crippen molar-refractivity contribution < 1.29 is 5.11 Å². The van der Waals surface area contributed by atoms with Crippen LogP contribution in [0.1, 0.15) is 31.9 Å². The lowest BCUT2D eigenvalue weighted by atomic mass is 9.86. The van der Waals surface area contributed by atoms with E-state index in [1.165, 1.54) is 11.1 Å². The van der Waals surface area contributed by atoms with Gasteiger partial charge in [0, 0.05) is 11.1 Å². The van der Waals surface area contributed by atoms with Gasteiger partial charge in [-0.2, -0.15) is 0 Å². The van der Waals surface area contributed by atoms with Crippen LogP contribution >= 0.6 is 15.9 Å². The second kappa shape index (κ2) is 4.45. The summed E-state index contributed by atoms with van der Waals surface area (Å²) >= 11 is 3.49. The summed E-state index contributed by atoms with van der Waals surface area (Å²) in [6.45, 7) is 6.78. The largest absolute Gasteiger partial charge is 0.396 e. The third-order valence-electron chi connectivity index (χ3n) is 2.29. The normalized spacial score (nSPS) is 11.8. The van der Waals surface area contributed by atoms with Gasteiger partial charge in [-0.25, -0.2) is 0 Å². The molecule has 0 fully saturated rings. The first kappa shape index (κ1) is 11.7. The Kier molecular flexibility index (Phi) is 3.73. The minimum absolute atomic E-state index is 0.172. The monoisotopic (exact) mass is 256 g/mol. The Hall–Kier alpha value is -0.340. The molecular weight excluding hydrogens is 240 g/mol. The highest BCUT2D eigenvalue weighted by atomic mass is 79.9.